The van der Waals surface area contributed by atoms with Crippen LogP contribution in [0.2, 0.25) is 0 Å². The molecular formula is C18H26N2O5. The van der Waals surface area contributed by atoms with E-state index in [9.17, 15) is 14.4 Å². The van der Waals surface area contributed by atoms with E-state index in [0.29, 0.717) is 12.0 Å². The highest BCUT2D eigenvalue weighted by Gasteiger charge is 2.27. The maximum atomic E-state index is 12.1. The normalized spacial score (nSPS) is 12.7. The Morgan fingerprint density at radius 2 is 1.92 bits per heavy atom. The molecule has 2 atom stereocenters. The molecular weight excluding hydrogens is 324 g/mol. The van der Waals surface area contributed by atoms with Crippen molar-refractivity contribution < 1.29 is 23.9 Å². The second kappa shape index (κ2) is 9.66. The van der Waals surface area contributed by atoms with Crippen molar-refractivity contribution in [1.82, 2.24) is 5.32 Å². The fourth-order valence-corrected chi connectivity index (χ4v) is 2.14. The Bertz CT molecular complexity index is 615. The lowest BCUT2D eigenvalue weighted by Gasteiger charge is -2.21. The molecule has 0 saturated carbocycles. The number of amides is 1. The van der Waals surface area contributed by atoms with Crippen molar-refractivity contribution in [2.24, 2.45) is 5.92 Å². The molecule has 25 heavy (non-hydrogen) atoms. The SMILES string of the molecule is CC[C@@H](C)[C@H](NC(=O)COC(=O)c1cccc(N(C)C)c1)C(=O)OC. The first-order valence-corrected chi connectivity index (χ1v) is 8.11. The molecule has 0 aromatic heterocycles. The van der Waals surface area contributed by atoms with Gasteiger partial charge < -0.3 is 19.7 Å². The minimum absolute atomic E-state index is 0.0936. The van der Waals surface area contributed by atoms with Crippen LogP contribution >= 0.6 is 0 Å². The van der Waals surface area contributed by atoms with Gasteiger partial charge in [-0.15, -0.1) is 0 Å². The number of esters is 2. The predicted octanol–water partition coefficient (Wildman–Crippen LogP) is 1.61. The predicted molar refractivity (Wildman–Crippen MR) is 94.5 cm³/mol. The van der Waals surface area contributed by atoms with Crippen molar-refractivity contribution in [2.75, 3.05) is 32.7 Å². The van der Waals surface area contributed by atoms with Gasteiger partial charge in [0.05, 0.1) is 12.7 Å². The van der Waals surface area contributed by atoms with Gasteiger partial charge in [0.15, 0.2) is 6.61 Å². The lowest BCUT2D eigenvalue weighted by molar-refractivity contribution is -0.147. The number of anilines is 1. The maximum absolute atomic E-state index is 12.1. The maximum Gasteiger partial charge on any atom is 0.338 e. The number of carbonyl (C=O) groups is 3. The molecule has 1 amide bonds. The van der Waals surface area contributed by atoms with Crippen molar-refractivity contribution in [3.8, 4) is 0 Å². The van der Waals surface area contributed by atoms with Gasteiger partial charge in [-0.2, -0.15) is 0 Å². The molecule has 0 saturated heterocycles. The van der Waals surface area contributed by atoms with E-state index in [2.05, 4.69) is 5.32 Å². The topological polar surface area (TPSA) is 84.9 Å². The van der Waals surface area contributed by atoms with Crippen molar-refractivity contribution in [2.45, 2.75) is 26.3 Å². The summed E-state index contributed by atoms with van der Waals surface area (Å²) in [6.45, 7) is 3.28. The smallest absolute Gasteiger partial charge is 0.338 e. The van der Waals surface area contributed by atoms with Crippen LogP contribution in [-0.4, -0.2) is 51.7 Å². The molecule has 0 fully saturated rings. The number of hydrogen-bond donors (Lipinski definition) is 1. The molecule has 1 N–H and O–H groups in total. The van der Waals surface area contributed by atoms with Crippen LogP contribution in [0.25, 0.3) is 0 Å². The van der Waals surface area contributed by atoms with E-state index in [0.717, 1.165) is 5.69 Å². The van der Waals surface area contributed by atoms with E-state index >= 15 is 0 Å². The first kappa shape index (κ1) is 20.5. The Labute approximate surface area is 148 Å². The van der Waals surface area contributed by atoms with Gasteiger partial charge in [0.1, 0.15) is 6.04 Å². The van der Waals surface area contributed by atoms with Gasteiger partial charge in [-0.25, -0.2) is 9.59 Å². The Morgan fingerprint density at radius 3 is 2.48 bits per heavy atom. The molecule has 138 valence electrons. The van der Waals surface area contributed by atoms with Crippen LogP contribution in [0.15, 0.2) is 24.3 Å². The highest BCUT2D eigenvalue weighted by molar-refractivity contribution is 5.93. The van der Waals surface area contributed by atoms with Crippen LogP contribution in [-0.2, 0) is 19.1 Å². The van der Waals surface area contributed by atoms with Gasteiger partial charge in [0.25, 0.3) is 5.91 Å². The van der Waals surface area contributed by atoms with Crippen molar-refractivity contribution in [1.29, 1.82) is 0 Å². The van der Waals surface area contributed by atoms with Crippen LogP contribution in [0, 0.1) is 5.92 Å². The fourth-order valence-electron chi connectivity index (χ4n) is 2.14. The van der Waals surface area contributed by atoms with Crippen molar-refractivity contribution in [3.05, 3.63) is 29.8 Å². The van der Waals surface area contributed by atoms with Gasteiger partial charge in [-0.3, -0.25) is 4.79 Å². The van der Waals surface area contributed by atoms with E-state index in [1.807, 2.05) is 38.9 Å². The van der Waals surface area contributed by atoms with Crippen molar-refractivity contribution in [3.63, 3.8) is 0 Å². The molecule has 0 aliphatic carbocycles. The molecule has 0 aliphatic heterocycles. The summed E-state index contributed by atoms with van der Waals surface area (Å²) in [5, 5.41) is 2.56. The number of benzene rings is 1. The van der Waals surface area contributed by atoms with Crippen LogP contribution < -0.4 is 10.2 Å². The monoisotopic (exact) mass is 350 g/mol. The van der Waals surface area contributed by atoms with Gasteiger partial charge in [-0.05, 0) is 24.1 Å². The van der Waals surface area contributed by atoms with Gasteiger partial charge >= 0.3 is 11.9 Å². The average Bonchev–Trinajstić information content (AvgIpc) is 2.62. The third kappa shape index (κ3) is 6.10. The summed E-state index contributed by atoms with van der Waals surface area (Å²) in [6, 6.07) is 6.12. The average molecular weight is 350 g/mol. The zero-order chi connectivity index (χ0) is 19.0. The first-order chi connectivity index (χ1) is 11.8. The minimum Gasteiger partial charge on any atom is -0.467 e. The van der Waals surface area contributed by atoms with Gasteiger partial charge in [0, 0.05) is 19.8 Å². The molecule has 1 aromatic carbocycles. The van der Waals surface area contributed by atoms with Crippen molar-refractivity contribution >= 4 is 23.5 Å². The fraction of sp³-hybridized carbons (Fsp3) is 0.500. The summed E-state index contributed by atoms with van der Waals surface area (Å²) in [4.78, 5) is 37.7. The molecule has 0 bridgehead atoms. The van der Waals surface area contributed by atoms with Crippen LogP contribution in [0.3, 0.4) is 0 Å². The standard InChI is InChI=1S/C18H26N2O5/c1-6-12(2)16(18(23)24-5)19-15(21)11-25-17(22)13-8-7-9-14(10-13)20(3)4/h7-10,12,16H,6,11H2,1-5H3,(H,19,21)/t12-,16+/m1/s1. The molecule has 0 heterocycles. The van der Waals surface area contributed by atoms with E-state index in [4.69, 9.17) is 9.47 Å². The van der Waals surface area contributed by atoms with E-state index in [1.54, 1.807) is 18.2 Å². The second-order valence-electron chi connectivity index (χ2n) is 5.97. The summed E-state index contributed by atoms with van der Waals surface area (Å²) in [7, 11) is 4.99. The highest BCUT2D eigenvalue weighted by Crippen LogP contribution is 2.14. The molecule has 0 spiro atoms. The van der Waals surface area contributed by atoms with Crippen LogP contribution in [0.4, 0.5) is 5.69 Å². The summed E-state index contributed by atoms with van der Waals surface area (Å²) < 4.78 is 9.73. The Hall–Kier alpha value is -2.57. The zero-order valence-electron chi connectivity index (χ0n) is 15.4. The highest BCUT2D eigenvalue weighted by atomic mass is 16.5. The van der Waals surface area contributed by atoms with Gasteiger partial charge in [-0.1, -0.05) is 26.3 Å². The second-order valence-corrected chi connectivity index (χ2v) is 5.97. The number of rotatable bonds is 8. The summed E-state index contributed by atoms with van der Waals surface area (Å²) >= 11 is 0. The third-order valence-electron chi connectivity index (χ3n) is 3.92. The van der Waals surface area contributed by atoms with Crippen LogP contribution in [0.5, 0.6) is 0 Å². The molecule has 0 aliphatic rings. The molecule has 7 heteroatoms. The van der Waals surface area contributed by atoms with Gasteiger partial charge in [0.2, 0.25) is 0 Å². The molecule has 7 nitrogen and oxygen atoms in total. The summed E-state index contributed by atoms with van der Waals surface area (Å²) in [5.74, 6) is -1.76. The quantitative estimate of drug-likeness (QED) is 0.717. The van der Waals surface area contributed by atoms with Crippen LogP contribution in [0.1, 0.15) is 30.6 Å². The molecule has 1 aromatic rings. The molecule has 1 rings (SSSR count). The Kier molecular flexibility index (Phi) is 7.91. The number of carbonyl (C=O) groups excluding carboxylic acids is 3. The van der Waals surface area contributed by atoms with E-state index < -0.39 is 30.5 Å². The third-order valence-corrected chi connectivity index (χ3v) is 3.92. The number of ether oxygens (including phenoxy) is 2. The number of hydrogen-bond acceptors (Lipinski definition) is 6. The number of methoxy groups -OCH3 is 1. The Morgan fingerprint density at radius 1 is 1.24 bits per heavy atom. The van der Waals surface area contributed by atoms with E-state index in [1.165, 1.54) is 7.11 Å². The largest absolute Gasteiger partial charge is 0.467 e. The molecule has 0 radical (unpaired) electrons. The summed E-state index contributed by atoms with van der Waals surface area (Å²) in [5.41, 5.74) is 1.20. The lowest BCUT2D eigenvalue weighted by Crippen LogP contribution is -2.47. The number of nitrogens with zero attached hydrogens (tertiary/aromatic N) is 1. The minimum atomic E-state index is -0.765. The Balaban J connectivity index is 2.64. The number of nitrogens with one attached hydrogen (secondary N) is 1. The summed E-state index contributed by atoms with van der Waals surface area (Å²) in [6.07, 6.45) is 0.692. The molecule has 0 unspecified atom stereocenters. The van der Waals surface area contributed by atoms with E-state index in [-0.39, 0.29) is 5.92 Å². The first-order valence-electron chi connectivity index (χ1n) is 8.11. The zero-order valence-corrected chi connectivity index (χ0v) is 15.4. The lowest BCUT2D eigenvalue weighted by atomic mass is 9.99.